The molecule has 0 bridgehead atoms. The molecule has 3 nitrogen and oxygen atoms in total. The van der Waals surface area contributed by atoms with Gasteiger partial charge in [-0.3, -0.25) is 11.3 Å². The van der Waals surface area contributed by atoms with E-state index in [2.05, 4.69) is 10.4 Å². The van der Waals surface area contributed by atoms with E-state index < -0.39 is 5.82 Å². The summed E-state index contributed by atoms with van der Waals surface area (Å²) in [5.74, 6) is 5.10. The van der Waals surface area contributed by atoms with Gasteiger partial charge in [-0.2, -0.15) is 0 Å². The standard InChI is InChI=1S/C13H15ClFN3S/c1-7-8(2)19-12(17-7)6-11(18-16)9-4-3-5-10(14)13(9)15/h3-5,11,18H,6,16H2,1-2H3. The summed E-state index contributed by atoms with van der Waals surface area (Å²) in [6, 6.07) is 4.57. The molecule has 1 atom stereocenters. The lowest BCUT2D eigenvalue weighted by Crippen LogP contribution is -2.30. The number of nitrogens with two attached hydrogens (primary N) is 1. The Labute approximate surface area is 120 Å². The zero-order valence-corrected chi connectivity index (χ0v) is 12.3. The second-order valence-corrected chi connectivity index (χ2v) is 6.01. The van der Waals surface area contributed by atoms with E-state index in [-0.39, 0.29) is 11.1 Å². The minimum Gasteiger partial charge on any atom is -0.271 e. The van der Waals surface area contributed by atoms with Crippen molar-refractivity contribution in [1.29, 1.82) is 0 Å². The number of hydrogen-bond donors (Lipinski definition) is 2. The van der Waals surface area contributed by atoms with Crippen molar-refractivity contribution in [2.75, 3.05) is 0 Å². The van der Waals surface area contributed by atoms with E-state index in [0.29, 0.717) is 12.0 Å². The van der Waals surface area contributed by atoms with Crippen LogP contribution in [0, 0.1) is 19.7 Å². The van der Waals surface area contributed by atoms with Crippen LogP contribution in [0.5, 0.6) is 0 Å². The van der Waals surface area contributed by atoms with Crippen LogP contribution >= 0.6 is 22.9 Å². The van der Waals surface area contributed by atoms with Gasteiger partial charge in [0.15, 0.2) is 0 Å². The fourth-order valence-corrected chi connectivity index (χ4v) is 3.01. The van der Waals surface area contributed by atoms with Crippen LogP contribution in [0.15, 0.2) is 18.2 Å². The number of hydrogen-bond acceptors (Lipinski definition) is 4. The van der Waals surface area contributed by atoms with Gasteiger partial charge in [0.25, 0.3) is 0 Å². The molecule has 0 aliphatic rings. The molecule has 0 aliphatic carbocycles. The Bertz CT molecular complexity index is 566. The van der Waals surface area contributed by atoms with Crippen LogP contribution in [0.3, 0.4) is 0 Å². The van der Waals surface area contributed by atoms with Crippen molar-refractivity contribution in [1.82, 2.24) is 10.4 Å². The van der Waals surface area contributed by atoms with Gasteiger partial charge in [-0.15, -0.1) is 11.3 Å². The summed E-state index contributed by atoms with van der Waals surface area (Å²) in [7, 11) is 0. The zero-order chi connectivity index (χ0) is 14.0. The van der Waals surface area contributed by atoms with Gasteiger partial charge in [-0.1, -0.05) is 23.7 Å². The van der Waals surface area contributed by atoms with Crippen molar-refractivity contribution in [3.63, 3.8) is 0 Å². The topological polar surface area (TPSA) is 50.9 Å². The highest BCUT2D eigenvalue weighted by molar-refractivity contribution is 7.11. The molecule has 0 saturated carbocycles. The average Bonchev–Trinajstić information content (AvgIpc) is 2.69. The average molecular weight is 300 g/mol. The fourth-order valence-electron chi connectivity index (χ4n) is 1.85. The van der Waals surface area contributed by atoms with Gasteiger partial charge in [-0.25, -0.2) is 9.37 Å². The van der Waals surface area contributed by atoms with Crippen molar-refractivity contribution in [3.05, 3.63) is 50.2 Å². The number of benzene rings is 1. The lowest BCUT2D eigenvalue weighted by molar-refractivity contribution is 0.510. The zero-order valence-electron chi connectivity index (χ0n) is 10.7. The maximum absolute atomic E-state index is 14.0. The predicted molar refractivity (Wildman–Crippen MR) is 76.8 cm³/mol. The molecular weight excluding hydrogens is 285 g/mol. The molecule has 0 fully saturated rings. The van der Waals surface area contributed by atoms with Crippen LogP contribution < -0.4 is 11.3 Å². The van der Waals surface area contributed by atoms with Gasteiger partial charge in [0.05, 0.1) is 21.8 Å². The first-order valence-electron chi connectivity index (χ1n) is 5.86. The minimum atomic E-state index is -0.433. The third-order valence-electron chi connectivity index (χ3n) is 3.01. The molecule has 19 heavy (non-hydrogen) atoms. The van der Waals surface area contributed by atoms with E-state index in [0.717, 1.165) is 15.6 Å². The van der Waals surface area contributed by atoms with Crippen LogP contribution in [-0.2, 0) is 6.42 Å². The molecule has 6 heteroatoms. The summed E-state index contributed by atoms with van der Waals surface area (Å²) in [5, 5.41) is 1.03. The molecule has 1 aromatic heterocycles. The Morgan fingerprint density at radius 1 is 1.47 bits per heavy atom. The quantitative estimate of drug-likeness (QED) is 0.673. The summed E-state index contributed by atoms with van der Waals surface area (Å²) in [5.41, 5.74) is 4.09. The highest BCUT2D eigenvalue weighted by Crippen LogP contribution is 2.27. The highest BCUT2D eigenvalue weighted by Gasteiger charge is 2.18. The number of aromatic nitrogens is 1. The van der Waals surface area contributed by atoms with Gasteiger partial charge in [0.1, 0.15) is 5.82 Å². The number of aryl methyl sites for hydroxylation is 2. The minimum absolute atomic E-state index is 0.101. The van der Waals surface area contributed by atoms with Crippen molar-refractivity contribution in [2.45, 2.75) is 26.3 Å². The molecule has 1 aromatic carbocycles. The number of nitrogens with zero attached hydrogens (tertiary/aromatic N) is 1. The molecule has 2 rings (SSSR count). The first-order chi connectivity index (χ1) is 9.02. The fraction of sp³-hybridized carbons (Fsp3) is 0.308. The summed E-state index contributed by atoms with van der Waals surface area (Å²) in [6.07, 6.45) is 0.535. The van der Waals surface area contributed by atoms with Gasteiger partial charge in [0.2, 0.25) is 0 Å². The Balaban J connectivity index is 2.27. The van der Waals surface area contributed by atoms with Gasteiger partial charge in [0, 0.05) is 16.9 Å². The molecule has 1 heterocycles. The van der Waals surface area contributed by atoms with Crippen LogP contribution in [0.1, 0.15) is 27.2 Å². The van der Waals surface area contributed by atoms with E-state index in [1.165, 1.54) is 6.07 Å². The molecule has 3 N–H and O–H groups in total. The SMILES string of the molecule is Cc1nc(CC(NN)c2cccc(Cl)c2F)sc1C. The number of thiazole rings is 1. The molecule has 2 aromatic rings. The molecule has 102 valence electrons. The number of rotatable bonds is 4. The van der Waals surface area contributed by atoms with Crippen LogP contribution in [0.25, 0.3) is 0 Å². The van der Waals surface area contributed by atoms with Crippen molar-refractivity contribution in [3.8, 4) is 0 Å². The van der Waals surface area contributed by atoms with Gasteiger partial charge < -0.3 is 0 Å². The van der Waals surface area contributed by atoms with Crippen molar-refractivity contribution < 1.29 is 4.39 Å². The Kier molecular flexibility index (Phi) is 4.52. The monoisotopic (exact) mass is 299 g/mol. The molecular formula is C13H15ClFN3S. The van der Waals surface area contributed by atoms with E-state index in [1.807, 2.05) is 13.8 Å². The summed E-state index contributed by atoms with van der Waals surface area (Å²) < 4.78 is 14.0. The Morgan fingerprint density at radius 2 is 2.21 bits per heavy atom. The molecule has 0 aliphatic heterocycles. The predicted octanol–water partition coefficient (Wildman–Crippen LogP) is 3.30. The second kappa shape index (κ2) is 5.96. The van der Waals surface area contributed by atoms with E-state index >= 15 is 0 Å². The lowest BCUT2D eigenvalue weighted by Gasteiger charge is -2.16. The smallest absolute Gasteiger partial charge is 0.146 e. The number of hydrazine groups is 1. The number of halogens is 2. The largest absolute Gasteiger partial charge is 0.271 e. The van der Waals surface area contributed by atoms with Crippen molar-refractivity contribution in [2.24, 2.45) is 5.84 Å². The van der Waals surface area contributed by atoms with Gasteiger partial charge in [-0.05, 0) is 19.9 Å². The van der Waals surface area contributed by atoms with E-state index in [9.17, 15) is 4.39 Å². The molecule has 0 radical (unpaired) electrons. The van der Waals surface area contributed by atoms with Crippen molar-refractivity contribution >= 4 is 22.9 Å². The molecule has 0 amide bonds. The molecule has 0 spiro atoms. The molecule has 0 saturated heterocycles. The third kappa shape index (κ3) is 3.12. The third-order valence-corrected chi connectivity index (χ3v) is 4.40. The normalized spacial score (nSPS) is 12.7. The summed E-state index contributed by atoms with van der Waals surface area (Å²) >= 11 is 7.39. The summed E-state index contributed by atoms with van der Waals surface area (Å²) in [4.78, 5) is 5.61. The first-order valence-corrected chi connectivity index (χ1v) is 7.05. The van der Waals surface area contributed by atoms with Crippen LogP contribution in [0.4, 0.5) is 4.39 Å². The first kappa shape index (κ1) is 14.4. The number of nitrogens with one attached hydrogen (secondary N) is 1. The lowest BCUT2D eigenvalue weighted by atomic mass is 10.0. The molecule has 1 unspecified atom stereocenters. The maximum Gasteiger partial charge on any atom is 0.146 e. The van der Waals surface area contributed by atoms with Crippen LogP contribution in [-0.4, -0.2) is 4.98 Å². The highest BCUT2D eigenvalue weighted by atomic mass is 35.5. The van der Waals surface area contributed by atoms with Crippen LogP contribution in [0.2, 0.25) is 5.02 Å². The van der Waals surface area contributed by atoms with E-state index in [4.69, 9.17) is 17.4 Å². The van der Waals surface area contributed by atoms with Gasteiger partial charge >= 0.3 is 0 Å². The Hall–Kier alpha value is -1.01. The summed E-state index contributed by atoms with van der Waals surface area (Å²) in [6.45, 7) is 3.97. The maximum atomic E-state index is 14.0. The second-order valence-electron chi connectivity index (χ2n) is 4.32. The Morgan fingerprint density at radius 3 is 2.79 bits per heavy atom. The van der Waals surface area contributed by atoms with E-state index in [1.54, 1.807) is 23.5 Å².